The normalized spacial score (nSPS) is 21.4. The van der Waals surface area contributed by atoms with E-state index in [-0.39, 0.29) is 37.0 Å². The van der Waals surface area contributed by atoms with E-state index in [4.69, 9.17) is 14.5 Å². The maximum atomic E-state index is 13.5. The molecule has 0 N–H and O–H groups in total. The second kappa shape index (κ2) is 11.3. The maximum absolute atomic E-state index is 13.5. The number of fused-ring (bicyclic) bond motifs is 1. The van der Waals surface area contributed by atoms with Crippen LogP contribution in [-0.2, 0) is 26.1 Å². The van der Waals surface area contributed by atoms with Crippen molar-refractivity contribution in [3.05, 3.63) is 54.2 Å². The molecule has 3 aliphatic heterocycles. The third-order valence-electron chi connectivity index (χ3n) is 8.17. The molecule has 0 radical (unpaired) electrons. The van der Waals surface area contributed by atoms with Gasteiger partial charge in [-0.15, -0.1) is 0 Å². The van der Waals surface area contributed by atoms with Crippen LogP contribution in [0.15, 0.2) is 53.7 Å². The molecule has 0 saturated carbocycles. The second-order valence-electron chi connectivity index (χ2n) is 10.9. The van der Waals surface area contributed by atoms with E-state index in [1.54, 1.807) is 4.90 Å². The average Bonchev–Trinajstić information content (AvgIpc) is 3.75. The van der Waals surface area contributed by atoms with E-state index in [1.165, 1.54) is 12.0 Å². The zero-order chi connectivity index (χ0) is 28.5. The van der Waals surface area contributed by atoms with Crippen LogP contribution < -0.4 is 0 Å². The van der Waals surface area contributed by atoms with Crippen molar-refractivity contribution in [1.29, 1.82) is 0 Å². The number of amides is 3. The molecule has 4 heterocycles. The van der Waals surface area contributed by atoms with Crippen molar-refractivity contribution in [2.45, 2.75) is 25.4 Å². The van der Waals surface area contributed by atoms with Gasteiger partial charge in [0.2, 0.25) is 5.91 Å². The lowest BCUT2D eigenvalue weighted by Gasteiger charge is -2.27. The first-order valence-electron chi connectivity index (χ1n) is 14.0. The molecule has 2 unspecified atom stereocenters. The summed E-state index contributed by atoms with van der Waals surface area (Å²) in [6.07, 6.45) is 3.35. The fourth-order valence-corrected chi connectivity index (χ4v) is 5.91. The summed E-state index contributed by atoms with van der Waals surface area (Å²) in [5.41, 5.74) is 3.93. The molecular weight excluding hydrogens is 524 g/mol. The molecule has 11 nitrogen and oxygen atoms in total. The highest BCUT2D eigenvalue weighted by atomic mass is 16.5. The standard InChI is InChI=1S/C30H34N6O5/c1-33-25-10-9-23(14-24(25)15-32-33)21-5-7-22(8-6-21)28-31-19-35(30(39)40-2)18-27(37)36(28)17-20-11-12-34(16-20)29(38)26-4-3-13-41-26/h5-10,14-15,20,26H,3-4,11-13,16-19H2,1-2H3. The van der Waals surface area contributed by atoms with Crippen LogP contribution in [0.5, 0.6) is 0 Å². The lowest BCUT2D eigenvalue weighted by molar-refractivity contribution is -0.139. The number of benzene rings is 2. The summed E-state index contributed by atoms with van der Waals surface area (Å²) < 4.78 is 12.3. The van der Waals surface area contributed by atoms with E-state index in [1.807, 2.05) is 47.1 Å². The van der Waals surface area contributed by atoms with Gasteiger partial charge in [0.1, 0.15) is 25.2 Å². The summed E-state index contributed by atoms with van der Waals surface area (Å²) in [5.74, 6) is 0.406. The second-order valence-corrected chi connectivity index (χ2v) is 10.9. The molecule has 2 fully saturated rings. The number of rotatable bonds is 5. The highest BCUT2D eigenvalue weighted by molar-refractivity contribution is 6.09. The Bertz CT molecular complexity index is 1490. The van der Waals surface area contributed by atoms with Gasteiger partial charge in [0.25, 0.3) is 5.91 Å². The Morgan fingerprint density at radius 3 is 2.59 bits per heavy atom. The minimum atomic E-state index is -0.598. The number of hydrogen-bond acceptors (Lipinski definition) is 7. The number of carbonyl (C=O) groups excluding carboxylic acids is 3. The quantitative estimate of drug-likeness (QED) is 0.477. The minimum Gasteiger partial charge on any atom is -0.453 e. The molecule has 6 rings (SSSR count). The molecule has 2 saturated heterocycles. The molecule has 1 aromatic heterocycles. The van der Waals surface area contributed by atoms with E-state index in [0.717, 1.165) is 46.9 Å². The number of aromatic nitrogens is 2. The van der Waals surface area contributed by atoms with Gasteiger partial charge in [-0.05, 0) is 48.4 Å². The van der Waals surface area contributed by atoms with Gasteiger partial charge >= 0.3 is 6.09 Å². The Morgan fingerprint density at radius 1 is 1.05 bits per heavy atom. The van der Waals surface area contributed by atoms with Crippen molar-refractivity contribution in [1.82, 2.24) is 24.5 Å². The predicted molar refractivity (Wildman–Crippen MR) is 152 cm³/mol. The molecule has 3 amide bonds. The van der Waals surface area contributed by atoms with E-state index in [2.05, 4.69) is 23.3 Å². The lowest BCUT2D eigenvalue weighted by Crippen LogP contribution is -2.45. The van der Waals surface area contributed by atoms with Crippen LogP contribution in [0.3, 0.4) is 0 Å². The van der Waals surface area contributed by atoms with Crippen LogP contribution in [-0.4, -0.2) is 101 Å². The van der Waals surface area contributed by atoms with Crippen LogP contribution in [0, 0.1) is 5.92 Å². The smallest absolute Gasteiger partial charge is 0.411 e. The van der Waals surface area contributed by atoms with E-state index >= 15 is 0 Å². The van der Waals surface area contributed by atoms with Crippen molar-refractivity contribution in [2.75, 3.05) is 46.6 Å². The summed E-state index contributed by atoms with van der Waals surface area (Å²) in [4.78, 5) is 48.3. The highest BCUT2D eigenvalue weighted by Crippen LogP contribution is 2.27. The van der Waals surface area contributed by atoms with Gasteiger partial charge in [-0.1, -0.05) is 30.3 Å². The molecule has 0 bridgehead atoms. The highest BCUT2D eigenvalue weighted by Gasteiger charge is 2.36. The minimum absolute atomic E-state index is 0.0119. The number of methoxy groups -OCH3 is 1. The molecule has 41 heavy (non-hydrogen) atoms. The number of ether oxygens (including phenoxy) is 2. The van der Waals surface area contributed by atoms with Crippen LogP contribution in [0.1, 0.15) is 24.8 Å². The predicted octanol–water partition coefficient (Wildman–Crippen LogP) is 2.88. The first kappa shape index (κ1) is 26.9. The third kappa shape index (κ3) is 5.41. The van der Waals surface area contributed by atoms with Crippen molar-refractivity contribution in [2.24, 2.45) is 18.0 Å². The van der Waals surface area contributed by atoms with Crippen molar-refractivity contribution < 1.29 is 23.9 Å². The molecule has 0 spiro atoms. The van der Waals surface area contributed by atoms with Crippen LogP contribution in [0.2, 0.25) is 0 Å². The summed E-state index contributed by atoms with van der Waals surface area (Å²) in [5, 5.41) is 5.39. The molecule has 3 aromatic rings. The fraction of sp³-hybridized carbons (Fsp3) is 0.433. The topological polar surface area (TPSA) is 110 Å². The maximum Gasteiger partial charge on any atom is 0.411 e. The molecule has 11 heteroatoms. The van der Waals surface area contributed by atoms with Crippen LogP contribution in [0.4, 0.5) is 4.79 Å². The SMILES string of the molecule is COC(=O)N1CN=C(c2ccc(-c3ccc4c(cnn4C)c3)cc2)N(CC2CCN(C(=O)C3CCCO3)C2)C(=O)C1. The summed E-state index contributed by atoms with van der Waals surface area (Å²) >= 11 is 0. The first-order chi connectivity index (χ1) is 19.9. The largest absolute Gasteiger partial charge is 0.453 e. The van der Waals surface area contributed by atoms with E-state index < -0.39 is 6.09 Å². The monoisotopic (exact) mass is 558 g/mol. The average molecular weight is 559 g/mol. The van der Waals surface area contributed by atoms with E-state index in [0.29, 0.717) is 32.1 Å². The Labute approximate surface area is 238 Å². The van der Waals surface area contributed by atoms with Gasteiger partial charge < -0.3 is 14.4 Å². The number of aliphatic imine (C=N–C) groups is 1. The number of nitrogens with zero attached hydrogens (tertiary/aromatic N) is 6. The number of amidine groups is 1. The zero-order valence-electron chi connectivity index (χ0n) is 23.4. The summed E-state index contributed by atoms with van der Waals surface area (Å²) in [7, 11) is 3.21. The number of aryl methyl sites for hydroxylation is 1. The van der Waals surface area contributed by atoms with Gasteiger partial charge in [-0.25, -0.2) is 9.79 Å². The van der Waals surface area contributed by atoms with Gasteiger partial charge in [-0.2, -0.15) is 5.10 Å². The van der Waals surface area contributed by atoms with Gasteiger partial charge in [-0.3, -0.25) is 24.1 Å². The Kier molecular flexibility index (Phi) is 7.44. The first-order valence-corrected chi connectivity index (χ1v) is 14.0. The number of likely N-dealkylation sites (tertiary alicyclic amines) is 1. The summed E-state index contributed by atoms with van der Waals surface area (Å²) in [6, 6.07) is 14.2. The van der Waals surface area contributed by atoms with Crippen LogP contribution in [0.25, 0.3) is 22.0 Å². The molecule has 2 atom stereocenters. The van der Waals surface area contributed by atoms with Gasteiger partial charge in [0.05, 0.1) is 18.8 Å². The zero-order valence-corrected chi connectivity index (χ0v) is 23.4. The lowest BCUT2D eigenvalue weighted by atomic mass is 10.0. The molecule has 0 aliphatic carbocycles. The third-order valence-corrected chi connectivity index (χ3v) is 8.17. The van der Waals surface area contributed by atoms with Gasteiger partial charge in [0, 0.05) is 44.2 Å². The number of hydrogen-bond donors (Lipinski definition) is 0. The van der Waals surface area contributed by atoms with Crippen molar-refractivity contribution >= 4 is 34.6 Å². The van der Waals surface area contributed by atoms with Crippen molar-refractivity contribution in [3.63, 3.8) is 0 Å². The van der Waals surface area contributed by atoms with Crippen LogP contribution >= 0.6 is 0 Å². The Hall–Kier alpha value is -4.25. The Balaban J connectivity index is 1.24. The molecule has 2 aromatic carbocycles. The summed E-state index contributed by atoms with van der Waals surface area (Å²) in [6.45, 7) is 2.12. The number of carbonyl (C=O) groups is 3. The van der Waals surface area contributed by atoms with E-state index in [9.17, 15) is 14.4 Å². The fourth-order valence-electron chi connectivity index (χ4n) is 5.91. The molecule has 3 aliphatic rings. The molecule has 214 valence electrons. The van der Waals surface area contributed by atoms with Crippen molar-refractivity contribution in [3.8, 4) is 11.1 Å². The molecular formula is C30H34N6O5. The van der Waals surface area contributed by atoms with Gasteiger partial charge in [0.15, 0.2) is 0 Å². The Morgan fingerprint density at radius 2 is 1.83 bits per heavy atom.